The molecule has 0 aromatic rings. The molecule has 3 N–H and O–H groups in total. The molecular weight excluding hydrogens is 283 g/mol. The molecule has 1 radical (unpaired) electrons. The molecule has 1 saturated carbocycles. The Morgan fingerprint density at radius 2 is 1.94 bits per heavy atom. The Morgan fingerprint density at radius 1 is 1.44 bits per heavy atom. The van der Waals surface area contributed by atoms with E-state index in [9.17, 15) is 4.79 Å². The van der Waals surface area contributed by atoms with Gasteiger partial charge in [-0.2, -0.15) is 0 Å². The van der Waals surface area contributed by atoms with Crippen LogP contribution in [0.25, 0.3) is 0 Å². The van der Waals surface area contributed by atoms with Crippen LogP contribution in [0.2, 0.25) is 0 Å². The predicted molar refractivity (Wildman–Crippen MR) is 56.4 cm³/mol. The quantitative estimate of drug-likeness (QED) is 0.531. The van der Waals surface area contributed by atoms with Crippen molar-refractivity contribution >= 4 is 5.91 Å². The minimum absolute atomic E-state index is 0. The molecule has 5 heteroatoms. The minimum Gasteiger partial charge on any atom is -0.508 e. The number of nitrogens with one attached hydrogen (secondary N) is 1. The van der Waals surface area contributed by atoms with Gasteiger partial charge in [0.15, 0.2) is 12.2 Å². The third-order valence-corrected chi connectivity index (χ3v) is 3.42. The van der Waals surface area contributed by atoms with Crippen molar-refractivity contribution < 1.29 is 47.7 Å². The molecule has 4 nitrogen and oxygen atoms in total. The van der Waals surface area contributed by atoms with Crippen LogP contribution in [0.1, 0.15) is 39.0 Å². The monoisotopic (exact) mass is 303 g/mol. The van der Waals surface area contributed by atoms with Crippen LogP contribution in [0.3, 0.4) is 0 Å². The zero-order chi connectivity index (χ0) is 11.5. The number of aliphatic hydroxyl groups excluding tert-OH is 1. The fraction of sp³-hybridized carbons (Fsp3) is 0.818. The summed E-state index contributed by atoms with van der Waals surface area (Å²) in [4.78, 5) is 11.8. The van der Waals surface area contributed by atoms with Gasteiger partial charge in [-0.05, 0) is 19.3 Å². The van der Waals surface area contributed by atoms with Gasteiger partial charge >= 0.3 is 0 Å². The van der Waals surface area contributed by atoms with Crippen molar-refractivity contribution in [3.8, 4) is 0 Å². The molecule has 0 aromatic heterocycles. The van der Waals surface area contributed by atoms with Gasteiger partial charge in [0.25, 0.3) is 0 Å². The van der Waals surface area contributed by atoms with Gasteiger partial charge in [-0.25, -0.2) is 0 Å². The molecule has 1 amide bonds. The molecule has 0 aliphatic heterocycles. The van der Waals surface area contributed by atoms with Crippen molar-refractivity contribution in [2.24, 2.45) is 11.3 Å². The third-order valence-electron chi connectivity index (χ3n) is 3.42. The Balaban J connectivity index is 0.00000225. The number of amides is 1. The molecule has 1 rings (SSSR count). The summed E-state index contributed by atoms with van der Waals surface area (Å²) >= 11 is 0. The Hall–Kier alpha value is 0.494. The minimum atomic E-state index is -1.35. The van der Waals surface area contributed by atoms with Crippen LogP contribution in [-0.4, -0.2) is 22.4 Å². The smallest absolute Gasteiger partial charge is 0.197 e. The average molecular weight is 303 g/mol. The normalized spacial score (nSPS) is 20.3. The van der Waals surface area contributed by atoms with Crippen molar-refractivity contribution in [2.45, 2.75) is 45.3 Å². The standard InChI is InChI=1S/C11H20NO3.Y/c1-8(9(13)14)7-11(10(15)12-2)5-3-4-6-11;/h8-9,13-14H,2-7H2,1H3,(H,12,15);/q-1;/t8-;/m1./s1. The first-order valence-electron chi connectivity index (χ1n) is 5.45. The number of hydrogen-bond donors (Lipinski definition) is 3. The van der Waals surface area contributed by atoms with Crippen molar-refractivity contribution in [1.29, 1.82) is 0 Å². The molecular formula is C11H20NO3Y-. The summed E-state index contributed by atoms with van der Waals surface area (Å²) in [6, 6.07) is 0. The Kier molecular flexibility index (Phi) is 7.26. The Bertz CT molecular complexity index is 227. The maximum atomic E-state index is 11.8. The number of carbonyl (C=O) groups is 1. The maximum absolute atomic E-state index is 11.8. The fourth-order valence-corrected chi connectivity index (χ4v) is 2.48. The van der Waals surface area contributed by atoms with E-state index in [0.717, 1.165) is 25.7 Å². The van der Waals surface area contributed by atoms with Crippen LogP contribution < -0.4 is 5.32 Å². The molecule has 1 atom stereocenters. The molecule has 1 aliphatic carbocycles. The maximum Gasteiger partial charge on any atom is 0.197 e. The van der Waals surface area contributed by atoms with Gasteiger partial charge in [0.1, 0.15) is 0 Å². The Labute approximate surface area is 122 Å². The first-order valence-corrected chi connectivity index (χ1v) is 5.45. The van der Waals surface area contributed by atoms with Crippen LogP contribution in [0.4, 0.5) is 0 Å². The van der Waals surface area contributed by atoms with E-state index in [0.29, 0.717) is 6.42 Å². The number of hydrogen-bond acceptors (Lipinski definition) is 3. The molecule has 0 spiro atoms. The van der Waals surface area contributed by atoms with Gasteiger partial charge in [-0.1, -0.05) is 19.8 Å². The van der Waals surface area contributed by atoms with Crippen molar-refractivity contribution in [3.05, 3.63) is 7.05 Å². The Morgan fingerprint density at radius 3 is 2.31 bits per heavy atom. The van der Waals surface area contributed by atoms with Gasteiger partial charge in [0, 0.05) is 44.0 Å². The fourth-order valence-electron chi connectivity index (χ4n) is 2.48. The summed E-state index contributed by atoms with van der Waals surface area (Å²) in [5.41, 5.74) is -0.426. The van der Waals surface area contributed by atoms with Gasteiger partial charge in [-0.15, -0.1) is 0 Å². The summed E-state index contributed by atoms with van der Waals surface area (Å²) in [7, 11) is 3.40. The summed E-state index contributed by atoms with van der Waals surface area (Å²) in [6.07, 6.45) is 2.88. The van der Waals surface area contributed by atoms with E-state index in [4.69, 9.17) is 10.2 Å². The van der Waals surface area contributed by atoms with Crippen molar-refractivity contribution in [3.63, 3.8) is 0 Å². The first kappa shape index (κ1) is 16.5. The van der Waals surface area contributed by atoms with E-state index in [2.05, 4.69) is 12.4 Å². The molecule has 16 heavy (non-hydrogen) atoms. The summed E-state index contributed by atoms with van der Waals surface area (Å²) in [6.45, 7) is 1.75. The zero-order valence-electron chi connectivity index (χ0n) is 9.78. The zero-order valence-corrected chi connectivity index (χ0v) is 12.6. The van der Waals surface area contributed by atoms with Gasteiger partial charge in [-0.3, -0.25) is 11.8 Å². The molecule has 0 unspecified atom stereocenters. The number of carbonyl (C=O) groups excluding carboxylic acids is 1. The van der Waals surface area contributed by atoms with Crippen molar-refractivity contribution in [2.75, 3.05) is 0 Å². The molecule has 0 heterocycles. The number of rotatable bonds is 4. The third kappa shape index (κ3) is 3.76. The molecule has 1 fully saturated rings. The SMILES string of the molecule is [CH2-]NC(=O)C1(C[C@@H](C)C(O)O)CCCC1.[Y]. The van der Waals surface area contributed by atoms with Crippen LogP contribution in [0.15, 0.2) is 0 Å². The van der Waals surface area contributed by atoms with Crippen LogP contribution in [0, 0.1) is 18.4 Å². The summed E-state index contributed by atoms with van der Waals surface area (Å²) in [5.74, 6) is -0.340. The van der Waals surface area contributed by atoms with Crippen LogP contribution in [-0.2, 0) is 37.5 Å². The van der Waals surface area contributed by atoms with E-state index in [1.807, 2.05) is 0 Å². The van der Waals surface area contributed by atoms with Crippen LogP contribution in [0.5, 0.6) is 0 Å². The topological polar surface area (TPSA) is 69.6 Å². The van der Waals surface area contributed by atoms with E-state index in [1.165, 1.54) is 0 Å². The molecule has 0 aromatic carbocycles. The van der Waals surface area contributed by atoms with E-state index in [1.54, 1.807) is 6.92 Å². The second-order valence-electron chi connectivity index (χ2n) is 4.59. The largest absolute Gasteiger partial charge is 0.508 e. The van der Waals surface area contributed by atoms with E-state index in [-0.39, 0.29) is 44.5 Å². The molecule has 0 bridgehead atoms. The van der Waals surface area contributed by atoms with Gasteiger partial charge in [0.05, 0.1) is 0 Å². The summed E-state index contributed by atoms with van der Waals surface area (Å²) in [5, 5.41) is 20.6. The molecule has 1 aliphatic rings. The van der Waals surface area contributed by atoms with Gasteiger partial charge in [0.2, 0.25) is 0 Å². The summed E-state index contributed by atoms with van der Waals surface area (Å²) < 4.78 is 0. The van der Waals surface area contributed by atoms with E-state index < -0.39 is 11.7 Å². The first-order chi connectivity index (χ1) is 7.02. The molecule has 0 saturated heterocycles. The predicted octanol–water partition coefficient (Wildman–Crippen LogP) is 0.789. The van der Waals surface area contributed by atoms with E-state index >= 15 is 0 Å². The average Bonchev–Trinajstić information content (AvgIpc) is 2.66. The second kappa shape index (κ2) is 7.05. The molecule has 91 valence electrons. The second-order valence-corrected chi connectivity index (χ2v) is 4.59. The number of aliphatic hydroxyl groups is 2. The van der Waals surface area contributed by atoms with Crippen molar-refractivity contribution in [1.82, 2.24) is 5.32 Å². The van der Waals surface area contributed by atoms with Crippen LogP contribution >= 0.6 is 0 Å². The van der Waals surface area contributed by atoms with Gasteiger partial charge < -0.3 is 15.5 Å².